The number of carbonyl (C=O) groups is 1. The van der Waals surface area contributed by atoms with Gasteiger partial charge in [-0.15, -0.1) is 0 Å². The second-order valence-corrected chi connectivity index (χ2v) is 6.60. The molecule has 8 heteroatoms. The van der Waals surface area contributed by atoms with E-state index >= 15 is 0 Å². The highest BCUT2D eigenvalue weighted by molar-refractivity contribution is 5.75. The van der Waals surface area contributed by atoms with E-state index in [9.17, 15) is 20.1 Å². The summed E-state index contributed by atoms with van der Waals surface area (Å²) in [6.07, 6.45) is 1.19. The van der Waals surface area contributed by atoms with Crippen LogP contribution in [-0.4, -0.2) is 64.6 Å². The molecule has 0 aromatic heterocycles. The van der Waals surface area contributed by atoms with Gasteiger partial charge in [0.2, 0.25) is 0 Å². The number of carbonyl (C=O) groups excluding carboxylic acids is 1. The van der Waals surface area contributed by atoms with Gasteiger partial charge in [0, 0.05) is 0 Å². The Balaban J connectivity index is 1.76. The fourth-order valence-electron chi connectivity index (χ4n) is 3.25. The quantitative estimate of drug-likeness (QED) is 0.386. The molecule has 8 nitrogen and oxygen atoms in total. The molecule has 2 fully saturated rings. The van der Waals surface area contributed by atoms with Crippen molar-refractivity contribution in [1.29, 1.82) is 0 Å². The number of nitrogens with two attached hydrogens (primary N) is 2. The Kier molecular flexibility index (Phi) is 6.75. The van der Waals surface area contributed by atoms with Gasteiger partial charge in [0.1, 0.15) is 31.0 Å². The molecule has 0 bridgehead atoms. The summed E-state index contributed by atoms with van der Waals surface area (Å²) in [6, 6.07) is -1.82. The van der Waals surface area contributed by atoms with E-state index in [2.05, 4.69) is 0 Å². The van der Waals surface area contributed by atoms with Gasteiger partial charge >= 0.3 is 5.97 Å². The van der Waals surface area contributed by atoms with E-state index in [4.69, 9.17) is 20.9 Å². The van der Waals surface area contributed by atoms with Crippen LogP contribution in [0.25, 0.3) is 0 Å². The first-order chi connectivity index (χ1) is 10.9. The molecule has 7 N–H and O–H groups in total. The summed E-state index contributed by atoms with van der Waals surface area (Å²) < 4.78 is 10.1. The van der Waals surface area contributed by atoms with Crippen LogP contribution < -0.4 is 11.5 Å². The molecule has 1 heterocycles. The van der Waals surface area contributed by atoms with Crippen LogP contribution in [0.2, 0.25) is 0 Å². The van der Waals surface area contributed by atoms with Crippen molar-refractivity contribution in [2.45, 2.75) is 75.2 Å². The van der Waals surface area contributed by atoms with E-state index < -0.39 is 42.7 Å². The summed E-state index contributed by atoms with van der Waals surface area (Å²) >= 11 is 0. The second-order valence-electron chi connectivity index (χ2n) is 6.60. The number of rotatable bonds is 5. The van der Waals surface area contributed by atoms with Gasteiger partial charge in [-0.1, -0.05) is 32.1 Å². The van der Waals surface area contributed by atoms with Crippen molar-refractivity contribution in [3.05, 3.63) is 0 Å². The van der Waals surface area contributed by atoms with Crippen LogP contribution in [0.1, 0.15) is 38.5 Å². The molecule has 1 saturated heterocycles. The van der Waals surface area contributed by atoms with Crippen LogP contribution in [0.4, 0.5) is 0 Å². The van der Waals surface area contributed by atoms with Crippen molar-refractivity contribution in [1.82, 2.24) is 0 Å². The number of aliphatic hydroxyl groups is 3. The van der Waals surface area contributed by atoms with Crippen LogP contribution in [0.3, 0.4) is 0 Å². The van der Waals surface area contributed by atoms with Gasteiger partial charge in [-0.25, -0.2) is 0 Å². The molecule has 1 saturated carbocycles. The highest BCUT2D eigenvalue weighted by atomic mass is 16.6. The fourth-order valence-corrected chi connectivity index (χ4v) is 3.25. The molecule has 0 spiro atoms. The number of ether oxygens (including phenoxy) is 2. The maximum atomic E-state index is 12.0. The summed E-state index contributed by atoms with van der Waals surface area (Å²) in [5, 5.41) is 29.1. The first kappa shape index (κ1) is 18.6. The van der Waals surface area contributed by atoms with Gasteiger partial charge in [-0.05, 0) is 12.3 Å². The third-order valence-corrected chi connectivity index (χ3v) is 4.77. The lowest BCUT2D eigenvalue weighted by Crippen LogP contribution is -2.62. The van der Waals surface area contributed by atoms with E-state index in [-0.39, 0.29) is 6.61 Å². The third-order valence-electron chi connectivity index (χ3n) is 4.77. The normalized spacial score (nSPS) is 37.3. The molecule has 23 heavy (non-hydrogen) atoms. The molecule has 2 rings (SSSR count). The zero-order valence-corrected chi connectivity index (χ0v) is 13.2. The molecule has 0 aromatic rings. The Bertz CT molecular complexity index is 390. The minimum absolute atomic E-state index is 0.292. The predicted molar refractivity (Wildman–Crippen MR) is 81.0 cm³/mol. The van der Waals surface area contributed by atoms with Gasteiger partial charge in [0.05, 0.1) is 6.04 Å². The first-order valence-corrected chi connectivity index (χ1v) is 8.27. The van der Waals surface area contributed by atoms with Crippen LogP contribution in [0.5, 0.6) is 0 Å². The van der Waals surface area contributed by atoms with Gasteiger partial charge in [-0.3, -0.25) is 4.79 Å². The fraction of sp³-hybridized carbons (Fsp3) is 0.933. The van der Waals surface area contributed by atoms with Crippen molar-refractivity contribution in [3.63, 3.8) is 0 Å². The second kappa shape index (κ2) is 8.36. The maximum absolute atomic E-state index is 12.0. The van der Waals surface area contributed by atoms with Crippen molar-refractivity contribution < 1.29 is 29.6 Å². The average Bonchev–Trinajstić information content (AvgIpc) is 2.55. The molecular weight excluding hydrogens is 304 g/mol. The monoisotopic (exact) mass is 332 g/mol. The Labute approximate surface area is 135 Å². The lowest BCUT2D eigenvalue weighted by Gasteiger charge is -2.38. The standard InChI is InChI=1S/C15H28N2O6/c16-9(6-8-4-2-1-3-5-8)14(20)22-7-10-12(18)13(19)11(17)15(21)23-10/h8-13,15,18-19,21H,1-7,16-17H2. The molecule has 1 aliphatic heterocycles. The lowest BCUT2D eigenvalue weighted by molar-refractivity contribution is -0.251. The van der Waals surface area contributed by atoms with E-state index in [1.54, 1.807) is 0 Å². The Morgan fingerprint density at radius 1 is 1.17 bits per heavy atom. The molecule has 6 unspecified atom stereocenters. The molecule has 2 aliphatic rings. The highest BCUT2D eigenvalue weighted by Gasteiger charge is 2.42. The molecule has 0 amide bonds. The molecule has 0 radical (unpaired) electrons. The van der Waals surface area contributed by atoms with Gasteiger partial charge in [-0.2, -0.15) is 0 Å². The lowest BCUT2D eigenvalue weighted by atomic mass is 9.85. The molecule has 134 valence electrons. The molecule has 1 aliphatic carbocycles. The van der Waals surface area contributed by atoms with E-state index in [0.717, 1.165) is 12.8 Å². The van der Waals surface area contributed by atoms with Crippen LogP contribution in [-0.2, 0) is 14.3 Å². The Morgan fingerprint density at radius 2 is 1.83 bits per heavy atom. The van der Waals surface area contributed by atoms with Crippen molar-refractivity contribution in [3.8, 4) is 0 Å². The largest absolute Gasteiger partial charge is 0.462 e. The Hall–Kier alpha value is -0.770. The van der Waals surface area contributed by atoms with Crippen molar-refractivity contribution in [2.75, 3.05) is 6.61 Å². The number of esters is 1. The smallest absolute Gasteiger partial charge is 0.323 e. The first-order valence-electron chi connectivity index (χ1n) is 8.27. The van der Waals surface area contributed by atoms with Crippen LogP contribution in [0, 0.1) is 5.92 Å². The minimum atomic E-state index is -1.42. The summed E-state index contributed by atoms with van der Waals surface area (Å²) in [5.74, 6) is -0.116. The van der Waals surface area contributed by atoms with Gasteiger partial charge in [0.15, 0.2) is 6.29 Å². The van der Waals surface area contributed by atoms with E-state index in [1.165, 1.54) is 19.3 Å². The molecule has 0 aromatic carbocycles. The average molecular weight is 332 g/mol. The summed E-state index contributed by atoms with van der Waals surface area (Å²) in [5.41, 5.74) is 11.3. The Morgan fingerprint density at radius 3 is 2.48 bits per heavy atom. The van der Waals surface area contributed by atoms with Crippen molar-refractivity contribution >= 4 is 5.97 Å². The summed E-state index contributed by atoms with van der Waals surface area (Å²) in [6.45, 7) is -0.292. The van der Waals surface area contributed by atoms with Crippen LogP contribution >= 0.6 is 0 Å². The zero-order valence-electron chi connectivity index (χ0n) is 13.2. The van der Waals surface area contributed by atoms with Crippen LogP contribution in [0.15, 0.2) is 0 Å². The number of hydrogen-bond acceptors (Lipinski definition) is 8. The number of aliphatic hydroxyl groups excluding tert-OH is 3. The van der Waals surface area contributed by atoms with Crippen molar-refractivity contribution in [2.24, 2.45) is 17.4 Å². The molecular formula is C15H28N2O6. The zero-order chi connectivity index (χ0) is 17.0. The minimum Gasteiger partial charge on any atom is -0.462 e. The topological polar surface area (TPSA) is 148 Å². The van der Waals surface area contributed by atoms with E-state index in [1.807, 2.05) is 0 Å². The number of hydrogen-bond donors (Lipinski definition) is 5. The predicted octanol–water partition coefficient (Wildman–Crippen LogP) is -1.41. The summed E-state index contributed by atoms with van der Waals surface area (Å²) in [4.78, 5) is 12.0. The molecule has 6 atom stereocenters. The van der Waals surface area contributed by atoms with Gasteiger partial charge in [0.25, 0.3) is 0 Å². The summed E-state index contributed by atoms with van der Waals surface area (Å²) in [7, 11) is 0. The van der Waals surface area contributed by atoms with E-state index in [0.29, 0.717) is 12.3 Å². The maximum Gasteiger partial charge on any atom is 0.323 e. The third kappa shape index (κ3) is 4.85. The van der Waals surface area contributed by atoms with Gasteiger partial charge < -0.3 is 36.3 Å². The highest BCUT2D eigenvalue weighted by Crippen LogP contribution is 2.27. The SMILES string of the molecule is NC(CC1CCCCC1)C(=O)OCC1OC(O)C(N)C(O)C1O.